The maximum Gasteiger partial charge on any atom is 0.153 e. The van der Waals surface area contributed by atoms with Crippen molar-refractivity contribution in [1.82, 2.24) is 14.1 Å². The van der Waals surface area contributed by atoms with Crippen LogP contribution >= 0.6 is 0 Å². The van der Waals surface area contributed by atoms with E-state index in [0.29, 0.717) is 18.2 Å². The number of fused-ring (bicyclic) bond motifs is 10. The highest BCUT2D eigenvalue weighted by Crippen LogP contribution is 2.59. The first-order valence-corrected chi connectivity index (χ1v) is 34.1. The number of pyridine rings is 1. The number of ether oxygens (including phenoxy) is 1. The molecule has 2 aliphatic rings. The van der Waals surface area contributed by atoms with Gasteiger partial charge in [0.1, 0.15) is 18.2 Å². The number of anilines is 4. The van der Waals surface area contributed by atoms with Gasteiger partial charge in [-0.15, -0.1) is 0 Å². The molecule has 15 aromatic rings. The summed E-state index contributed by atoms with van der Waals surface area (Å²) in [5, 5.41) is 4.58. The molecule has 12 aromatic carbocycles. The summed E-state index contributed by atoms with van der Waals surface area (Å²) < 4.78 is 12.9. The van der Waals surface area contributed by atoms with Gasteiger partial charge in [-0.1, -0.05) is 263 Å². The number of hydrogen-bond acceptors (Lipinski definition) is 4. The highest BCUT2D eigenvalue weighted by molar-refractivity contribution is 6.13. The van der Waals surface area contributed by atoms with E-state index in [0.717, 1.165) is 72.7 Å². The zero-order valence-electron chi connectivity index (χ0n) is 56.6. The number of para-hydroxylation sites is 5. The van der Waals surface area contributed by atoms with E-state index >= 15 is 0 Å². The average molecular weight is 1260 g/mol. The smallest absolute Gasteiger partial charge is 0.153 e. The van der Waals surface area contributed by atoms with Crippen molar-refractivity contribution in [2.75, 3.05) is 16.5 Å². The van der Waals surface area contributed by atoms with Crippen molar-refractivity contribution in [1.29, 1.82) is 0 Å². The first kappa shape index (κ1) is 59.5. The molecule has 0 saturated heterocycles. The molecule has 6 heteroatoms. The lowest BCUT2D eigenvalue weighted by Crippen LogP contribution is -2.30. The van der Waals surface area contributed by atoms with E-state index in [-0.39, 0.29) is 16.2 Å². The van der Waals surface area contributed by atoms with Crippen LogP contribution < -0.4 is 14.5 Å². The second-order valence-electron chi connectivity index (χ2n) is 29.6. The van der Waals surface area contributed by atoms with Crippen LogP contribution in [0.2, 0.25) is 0 Å². The minimum Gasteiger partial charge on any atom is -0.455 e. The van der Waals surface area contributed by atoms with Crippen molar-refractivity contribution in [2.45, 2.75) is 84.0 Å². The summed E-state index contributed by atoms with van der Waals surface area (Å²) in [6, 6.07) is 106. The Morgan fingerprint density at radius 3 is 1.41 bits per heavy atom. The van der Waals surface area contributed by atoms with E-state index in [9.17, 15) is 0 Å². The van der Waals surface area contributed by atoms with Gasteiger partial charge in [0.25, 0.3) is 0 Å². The van der Waals surface area contributed by atoms with E-state index in [1.54, 1.807) is 0 Å². The van der Waals surface area contributed by atoms with Gasteiger partial charge < -0.3 is 19.1 Å². The molecule has 0 radical (unpaired) electrons. The van der Waals surface area contributed by atoms with Gasteiger partial charge in [0.2, 0.25) is 0 Å². The zero-order chi connectivity index (χ0) is 66.1. The molecule has 0 amide bonds. The van der Waals surface area contributed by atoms with Gasteiger partial charge in [-0.05, 0) is 150 Å². The first-order chi connectivity index (χ1) is 47.0. The molecule has 4 heterocycles. The summed E-state index contributed by atoms with van der Waals surface area (Å²) in [7, 11) is 0. The van der Waals surface area contributed by atoms with Crippen molar-refractivity contribution in [3.05, 3.63) is 330 Å². The lowest BCUT2D eigenvalue weighted by atomic mass is 9.67. The third kappa shape index (κ3) is 9.70. The standard InChI is InChI=1S/C91H77N5O/c1-88(2,3)61-44-46-62(47-45-61)91(76-37-21-16-32-68(76)69-33-17-22-38-77(69)91)65-50-66(93-58-94(82-43-27-26-42-81(82)93)87-73(59-28-12-10-13-29-59)52-64(90(7,8)9)53-74(87)60-30-14-11-15-31-60)55-67(51-65)97-85-57-83-75(56-84(85)95-78-39-23-18-34-70(78)71-35-19-24-40-79(71)95)72-36-20-25-41-80(72)96(83)86-54-63(48-49-92-86)89(4,5)6/h10-57H,58H2,1-9H3. The fourth-order valence-corrected chi connectivity index (χ4v) is 15.7. The van der Waals surface area contributed by atoms with Crippen molar-refractivity contribution in [3.8, 4) is 56.4 Å². The Kier molecular flexibility index (Phi) is 13.8. The van der Waals surface area contributed by atoms with Crippen LogP contribution in [0.4, 0.5) is 22.7 Å². The SMILES string of the molecule is CC(C)(C)c1ccc(C2(c3cc(Oc4cc5c(cc4-n4c6ccccc6c6ccccc64)c4ccccc4n5-c4cc(C(C)(C)C)ccn4)cc(N4CN(c5c(-c6ccccc6)cc(C(C)(C)C)cc5-c5ccccc5)c5ccccc54)c3)c3ccccc3-c3ccccc32)cc1. The number of rotatable bonds is 10. The third-order valence-electron chi connectivity index (χ3n) is 20.6. The first-order valence-electron chi connectivity index (χ1n) is 34.1. The quantitative estimate of drug-likeness (QED) is 0.137. The molecule has 1 aliphatic carbocycles. The Balaban J connectivity index is 0.960. The Morgan fingerprint density at radius 2 is 0.845 bits per heavy atom. The van der Waals surface area contributed by atoms with Gasteiger partial charge in [-0.2, -0.15) is 0 Å². The van der Waals surface area contributed by atoms with Gasteiger partial charge in [-0.3, -0.25) is 4.57 Å². The largest absolute Gasteiger partial charge is 0.455 e. The molecule has 1 aliphatic heterocycles. The van der Waals surface area contributed by atoms with Crippen LogP contribution in [0.25, 0.3) is 88.5 Å². The molecule has 0 unspecified atom stereocenters. The van der Waals surface area contributed by atoms with Crippen LogP contribution in [0.15, 0.2) is 291 Å². The highest BCUT2D eigenvalue weighted by Gasteiger charge is 2.47. The molecule has 0 saturated carbocycles. The maximum atomic E-state index is 8.13. The van der Waals surface area contributed by atoms with Crippen molar-refractivity contribution < 1.29 is 4.74 Å². The van der Waals surface area contributed by atoms with Gasteiger partial charge >= 0.3 is 0 Å². The average Bonchev–Trinajstić information content (AvgIpc) is 1.50. The molecule has 97 heavy (non-hydrogen) atoms. The molecule has 6 nitrogen and oxygen atoms in total. The lowest BCUT2D eigenvalue weighted by Gasteiger charge is -2.35. The molecule has 0 bridgehead atoms. The topological polar surface area (TPSA) is 38.5 Å². The Bertz CT molecular complexity index is 5440. The Morgan fingerprint density at radius 1 is 0.351 bits per heavy atom. The molecule has 0 N–H and O–H groups in total. The molecule has 0 spiro atoms. The number of aromatic nitrogens is 3. The summed E-state index contributed by atoms with van der Waals surface area (Å²) in [6.07, 6.45) is 1.96. The van der Waals surface area contributed by atoms with E-state index < -0.39 is 5.41 Å². The van der Waals surface area contributed by atoms with E-state index in [4.69, 9.17) is 9.72 Å². The minimum absolute atomic E-state index is 0.0622. The molecule has 17 rings (SSSR count). The zero-order valence-corrected chi connectivity index (χ0v) is 56.6. The summed E-state index contributed by atoms with van der Waals surface area (Å²) in [4.78, 5) is 10.3. The molecular weight excluding hydrogens is 1180 g/mol. The second kappa shape index (κ2) is 22.5. The third-order valence-corrected chi connectivity index (χ3v) is 20.6. The number of nitrogens with zero attached hydrogens (tertiary/aromatic N) is 5. The number of hydrogen-bond donors (Lipinski definition) is 0. The van der Waals surface area contributed by atoms with E-state index in [1.807, 2.05) is 6.20 Å². The molecule has 472 valence electrons. The normalized spacial score (nSPS) is 13.6. The molecule has 0 atom stereocenters. The van der Waals surface area contributed by atoms with Crippen LogP contribution in [0.3, 0.4) is 0 Å². The van der Waals surface area contributed by atoms with Crippen molar-refractivity contribution >= 4 is 66.4 Å². The van der Waals surface area contributed by atoms with Gasteiger partial charge in [0.05, 0.1) is 50.2 Å². The van der Waals surface area contributed by atoms with Crippen LogP contribution in [0.5, 0.6) is 11.5 Å². The predicted molar refractivity (Wildman–Crippen MR) is 406 cm³/mol. The van der Waals surface area contributed by atoms with E-state index in [2.05, 4.69) is 366 Å². The molecule has 3 aromatic heterocycles. The van der Waals surface area contributed by atoms with Crippen LogP contribution in [-0.4, -0.2) is 20.8 Å². The van der Waals surface area contributed by atoms with Gasteiger partial charge in [-0.25, -0.2) is 4.98 Å². The fraction of sp³-hybridized carbons (Fsp3) is 0.154. The van der Waals surface area contributed by atoms with E-state index in [1.165, 1.54) is 77.5 Å². The second-order valence-corrected chi connectivity index (χ2v) is 29.6. The monoisotopic (exact) mass is 1260 g/mol. The fourth-order valence-electron chi connectivity index (χ4n) is 15.7. The lowest BCUT2D eigenvalue weighted by molar-refractivity contribution is 0.480. The summed E-state index contributed by atoms with van der Waals surface area (Å²) in [5.74, 6) is 2.27. The summed E-state index contributed by atoms with van der Waals surface area (Å²) in [6.45, 7) is 21.2. The maximum absolute atomic E-state index is 8.13. The van der Waals surface area contributed by atoms with Crippen LogP contribution in [0, 0.1) is 0 Å². The van der Waals surface area contributed by atoms with Crippen LogP contribution in [0.1, 0.15) is 101 Å². The highest BCUT2D eigenvalue weighted by atomic mass is 16.5. The summed E-state index contributed by atoms with van der Waals surface area (Å²) in [5.41, 5.74) is 24.1. The van der Waals surface area contributed by atoms with Gasteiger partial charge in [0.15, 0.2) is 5.75 Å². The summed E-state index contributed by atoms with van der Waals surface area (Å²) >= 11 is 0. The van der Waals surface area contributed by atoms with Crippen LogP contribution in [-0.2, 0) is 21.7 Å². The van der Waals surface area contributed by atoms with Gasteiger partial charge in [0, 0.05) is 56.7 Å². The molecular formula is C91H77N5O. The minimum atomic E-state index is -0.795. The number of benzene rings is 12. The Hall–Kier alpha value is -11.2. The predicted octanol–water partition coefficient (Wildman–Crippen LogP) is 23.9. The van der Waals surface area contributed by atoms with Crippen molar-refractivity contribution in [2.24, 2.45) is 0 Å². The Labute approximate surface area is 569 Å². The molecule has 0 fully saturated rings. The van der Waals surface area contributed by atoms with Crippen molar-refractivity contribution in [3.63, 3.8) is 0 Å².